The number of anilines is 1. The van der Waals surface area contributed by atoms with E-state index >= 15 is 0 Å². The molecule has 0 saturated heterocycles. The van der Waals surface area contributed by atoms with E-state index in [1.165, 1.54) is 17.4 Å². The van der Waals surface area contributed by atoms with Crippen LogP contribution < -0.4 is 10.6 Å². The Hall–Kier alpha value is -2.81. The number of carbonyl (C=O) groups excluding carboxylic acids is 1. The molecule has 0 fully saturated rings. The number of hydrogen-bond acceptors (Lipinski definition) is 7. The number of benzene rings is 1. The first-order chi connectivity index (χ1) is 11.5. The Balaban J connectivity index is 1.73. The normalized spacial score (nSPS) is 13.3. The molecule has 0 radical (unpaired) electrons. The van der Waals surface area contributed by atoms with Gasteiger partial charge in [-0.2, -0.15) is 0 Å². The van der Waals surface area contributed by atoms with E-state index in [1.54, 1.807) is 12.1 Å². The van der Waals surface area contributed by atoms with E-state index in [-0.39, 0.29) is 11.6 Å². The van der Waals surface area contributed by atoms with Crippen molar-refractivity contribution < 1.29 is 9.72 Å². The average Bonchev–Trinajstić information content (AvgIpc) is 3.18. The Morgan fingerprint density at radius 1 is 1.50 bits per heavy atom. The number of aromatic nitrogens is 1. The summed E-state index contributed by atoms with van der Waals surface area (Å²) in [4.78, 5) is 31.8. The molecule has 1 aromatic heterocycles. The summed E-state index contributed by atoms with van der Waals surface area (Å²) in [5, 5.41) is 17.0. The van der Waals surface area contributed by atoms with Gasteiger partial charge in [0.25, 0.3) is 11.6 Å². The molecule has 0 spiro atoms. The number of hydrogen-bond donors (Lipinski definition) is 2. The fourth-order valence-electron chi connectivity index (χ4n) is 2.32. The van der Waals surface area contributed by atoms with Crippen LogP contribution in [-0.4, -0.2) is 34.7 Å². The predicted octanol–water partition coefficient (Wildman–Crippen LogP) is 1.89. The molecule has 8 nitrogen and oxygen atoms in total. The van der Waals surface area contributed by atoms with Crippen molar-refractivity contribution in [2.45, 2.75) is 13.3 Å². The third-order valence-electron chi connectivity index (χ3n) is 3.49. The number of nitro groups is 1. The molecular formula is C15H15N5O3S. The monoisotopic (exact) mass is 345 g/mol. The van der Waals surface area contributed by atoms with Crippen molar-refractivity contribution in [1.29, 1.82) is 0 Å². The van der Waals surface area contributed by atoms with Crippen LogP contribution >= 0.6 is 11.3 Å². The molecule has 9 heteroatoms. The van der Waals surface area contributed by atoms with Crippen molar-refractivity contribution in [2.75, 3.05) is 18.4 Å². The van der Waals surface area contributed by atoms with Gasteiger partial charge < -0.3 is 5.32 Å². The Morgan fingerprint density at radius 2 is 2.33 bits per heavy atom. The molecule has 1 aliphatic rings. The molecule has 1 aromatic carbocycles. The van der Waals surface area contributed by atoms with E-state index in [9.17, 15) is 14.9 Å². The minimum absolute atomic E-state index is 0.0634. The fraction of sp³-hybridized carbons (Fsp3) is 0.267. The summed E-state index contributed by atoms with van der Waals surface area (Å²) in [6, 6.07) is 6.51. The van der Waals surface area contributed by atoms with Crippen LogP contribution in [0, 0.1) is 17.0 Å². The largest absolute Gasteiger partial charge is 0.364 e. The van der Waals surface area contributed by atoms with E-state index in [1.807, 2.05) is 13.0 Å². The van der Waals surface area contributed by atoms with Gasteiger partial charge in [0.1, 0.15) is 0 Å². The number of thiazole rings is 1. The molecule has 2 heterocycles. The molecule has 0 unspecified atom stereocenters. The Kier molecular flexibility index (Phi) is 4.52. The number of non-ortho nitro benzene ring substituents is 1. The second kappa shape index (κ2) is 6.75. The van der Waals surface area contributed by atoms with Gasteiger partial charge in [0.2, 0.25) is 0 Å². The quantitative estimate of drug-likeness (QED) is 0.635. The summed E-state index contributed by atoms with van der Waals surface area (Å²) in [5.41, 5.74) is 1.69. The molecule has 0 bridgehead atoms. The van der Waals surface area contributed by atoms with Gasteiger partial charge >= 0.3 is 0 Å². The molecular weight excluding hydrogens is 330 g/mol. The maximum absolute atomic E-state index is 12.0. The first kappa shape index (κ1) is 16.1. The Labute approximate surface area is 141 Å². The van der Waals surface area contributed by atoms with Crippen LogP contribution in [0.2, 0.25) is 0 Å². The van der Waals surface area contributed by atoms with Gasteiger partial charge in [0, 0.05) is 30.0 Å². The summed E-state index contributed by atoms with van der Waals surface area (Å²) < 4.78 is 0. The molecule has 124 valence electrons. The minimum Gasteiger partial charge on any atom is -0.364 e. The highest BCUT2D eigenvalue weighted by Gasteiger charge is 2.17. The highest BCUT2D eigenvalue weighted by molar-refractivity contribution is 7.16. The SMILES string of the molecule is Cc1nc(NC(=O)C2=NCCN2)sc1Cc1cccc([N+](=O)[O-])c1. The van der Waals surface area contributed by atoms with Gasteiger partial charge in [-0.3, -0.25) is 25.2 Å². The number of amides is 1. The lowest BCUT2D eigenvalue weighted by Gasteiger charge is -2.01. The summed E-state index contributed by atoms with van der Waals surface area (Å²) in [5.74, 6) is 0.0197. The predicted molar refractivity (Wildman–Crippen MR) is 91.7 cm³/mol. The molecule has 24 heavy (non-hydrogen) atoms. The van der Waals surface area contributed by atoms with Crippen LogP contribution in [0.25, 0.3) is 0 Å². The lowest BCUT2D eigenvalue weighted by Crippen LogP contribution is -2.32. The van der Waals surface area contributed by atoms with Crippen molar-refractivity contribution in [2.24, 2.45) is 4.99 Å². The number of aryl methyl sites for hydroxylation is 1. The minimum atomic E-state index is -0.413. The van der Waals surface area contributed by atoms with Gasteiger partial charge in [-0.05, 0) is 12.5 Å². The van der Waals surface area contributed by atoms with Crippen molar-refractivity contribution in [1.82, 2.24) is 10.3 Å². The number of rotatable bonds is 5. The van der Waals surface area contributed by atoms with Gasteiger partial charge in [-0.15, -0.1) is 11.3 Å². The number of nitro benzene ring substituents is 1. The molecule has 0 aliphatic carbocycles. The van der Waals surface area contributed by atoms with Crippen molar-refractivity contribution >= 4 is 33.9 Å². The van der Waals surface area contributed by atoms with Crippen LogP contribution in [0.1, 0.15) is 16.1 Å². The average molecular weight is 345 g/mol. The van der Waals surface area contributed by atoms with Gasteiger partial charge in [0.15, 0.2) is 11.0 Å². The highest BCUT2D eigenvalue weighted by atomic mass is 32.1. The van der Waals surface area contributed by atoms with Crippen LogP contribution in [0.3, 0.4) is 0 Å². The standard InChI is InChI=1S/C15H15N5O3S/c1-9-12(8-10-3-2-4-11(7-10)20(22)23)24-15(18-9)19-14(21)13-16-5-6-17-13/h2-4,7H,5-6,8H2,1H3,(H,16,17)(H,18,19,21). The maximum atomic E-state index is 12.0. The second-order valence-corrected chi connectivity index (χ2v) is 6.33. The third-order valence-corrected chi connectivity index (χ3v) is 4.56. The second-order valence-electron chi connectivity index (χ2n) is 5.24. The third kappa shape index (κ3) is 3.57. The molecule has 0 atom stereocenters. The van der Waals surface area contributed by atoms with E-state index < -0.39 is 4.92 Å². The van der Waals surface area contributed by atoms with E-state index in [4.69, 9.17) is 0 Å². The number of aliphatic imine (C=N–C) groups is 1. The molecule has 2 aromatic rings. The molecule has 0 saturated carbocycles. The zero-order chi connectivity index (χ0) is 17.1. The zero-order valence-electron chi connectivity index (χ0n) is 12.9. The molecule has 3 rings (SSSR count). The lowest BCUT2D eigenvalue weighted by atomic mass is 10.1. The number of nitrogens with one attached hydrogen (secondary N) is 2. The number of carbonyl (C=O) groups is 1. The van der Waals surface area contributed by atoms with Crippen molar-refractivity contribution in [3.8, 4) is 0 Å². The van der Waals surface area contributed by atoms with Crippen molar-refractivity contribution in [3.63, 3.8) is 0 Å². The number of nitrogens with zero attached hydrogens (tertiary/aromatic N) is 3. The maximum Gasteiger partial charge on any atom is 0.292 e. The number of amidine groups is 1. The van der Waals surface area contributed by atoms with E-state index in [2.05, 4.69) is 20.6 Å². The Bertz CT molecular complexity index is 830. The molecule has 2 N–H and O–H groups in total. The Morgan fingerprint density at radius 3 is 3.04 bits per heavy atom. The summed E-state index contributed by atoms with van der Waals surface area (Å²) in [6.45, 7) is 3.11. The molecule has 1 amide bonds. The van der Waals surface area contributed by atoms with Crippen LogP contribution in [0.4, 0.5) is 10.8 Å². The van der Waals surface area contributed by atoms with Gasteiger partial charge in [-0.25, -0.2) is 4.98 Å². The fourth-order valence-corrected chi connectivity index (χ4v) is 3.31. The van der Waals surface area contributed by atoms with Crippen molar-refractivity contribution in [3.05, 3.63) is 50.5 Å². The summed E-state index contributed by atoms with van der Waals surface area (Å²) >= 11 is 1.36. The summed E-state index contributed by atoms with van der Waals surface area (Å²) in [7, 11) is 0. The lowest BCUT2D eigenvalue weighted by molar-refractivity contribution is -0.384. The van der Waals surface area contributed by atoms with E-state index in [0.29, 0.717) is 30.5 Å². The summed E-state index contributed by atoms with van der Waals surface area (Å²) in [6.07, 6.45) is 0.528. The van der Waals surface area contributed by atoms with Gasteiger partial charge in [0.05, 0.1) is 17.2 Å². The zero-order valence-corrected chi connectivity index (χ0v) is 13.7. The van der Waals surface area contributed by atoms with Crippen LogP contribution in [0.5, 0.6) is 0 Å². The smallest absolute Gasteiger partial charge is 0.292 e. The molecule has 1 aliphatic heterocycles. The first-order valence-electron chi connectivity index (χ1n) is 7.32. The van der Waals surface area contributed by atoms with E-state index in [0.717, 1.165) is 16.1 Å². The van der Waals surface area contributed by atoms with Gasteiger partial charge in [-0.1, -0.05) is 12.1 Å². The highest BCUT2D eigenvalue weighted by Crippen LogP contribution is 2.26. The first-order valence-corrected chi connectivity index (χ1v) is 8.14. The van der Waals surface area contributed by atoms with Crippen LogP contribution in [-0.2, 0) is 11.2 Å². The topological polar surface area (TPSA) is 110 Å². The van der Waals surface area contributed by atoms with Crippen LogP contribution in [0.15, 0.2) is 29.3 Å².